The molecule has 2 amide bonds. The largest absolute Gasteiger partial charge is 0.444 e. The number of likely N-dealkylation sites (tertiary alicyclic amines) is 2. The van der Waals surface area contributed by atoms with Gasteiger partial charge in [0.25, 0.3) is 0 Å². The van der Waals surface area contributed by atoms with E-state index in [9.17, 15) is 9.59 Å². The molecule has 13 heteroatoms. The van der Waals surface area contributed by atoms with Crippen molar-refractivity contribution in [2.45, 2.75) is 123 Å². The zero-order valence-corrected chi connectivity index (χ0v) is 37.3. The molecule has 300 valence electrons. The Morgan fingerprint density at radius 1 is 0.750 bits per heavy atom. The molecule has 4 fully saturated rings. The smallest absolute Gasteiger partial charge is 0.410 e. The van der Waals surface area contributed by atoms with Gasteiger partial charge >= 0.3 is 12.2 Å². The molecule has 2 aromatic heterocycles. The number of hydrogen-bond acceptors (Lipinski definition) is 6. The predicted molar refractivity (Wildman–Crippen MR) is 235 cm³/mol. The topological polar surface area (TPSA) is 116 Å². The van der Waals surface area contributed by atoms with Gasteiger partial charge in [-0.2, -0.15) is 27.0 Å². The second-order valence-electron chi connectivity index (χ2n) is 19.0. The van der Waals surface area contributed by atoms with E-state index in [0.29, 0.717) is 0 Å². The molecule has 0 bridgehead atoms. The minimum atomic E-state index is -1.42. The summed E-state index contributed by atoms with van der Waals surface area (Å²) < 4.78 is 11.3. The van der Waals surface area contributed by atoms with Crippen molar-refractivity contribution in [2.75, 3.05) is 13.1 Å². The number of hydrogen-bond donors (Lipinski definition) is 2. The molecule has 8 rings (SSSR count). The van der Waals surface area contributed by atoms with Crippen molar-refractivity contribution in [3.05, 3.63) is 59.2 Å². The van der Waals surface area contributed by atoms with Crippen molar-refractivity contribution in [1.82, 2.24) is 29.7 Å². The van der Waals surface area contributed by atoms with E-state index in [1.54, 1.807) is 0 Å². The monoisotopic (exact) mass is 814 g/mol. The summed E-state index contributed by atoms with van der Waals surface area (Å²) in [6, 6.07) is 11.7. The average molecular weight is 815 g/mol. The number of amides is 2. The van der Waals surface area contributed by atoms with Crippen LogP contribution in [0.15, 0.2) is 36.4 Å². The van der Waals surface area contributed by atoms with E-state index in [1.165, 1.54) is 25.7 Å². The maximum atomic E-state index is 12.9. The SMILES string of the molecule is C#Cc1ccc2nc(C3CC4(CC4)CN3C(=O)OC(C)(C)C)[nH]c2c1.CC(C)(C)OC(=O)N1CC2(CC2)CC1c1nc2ccc(C#C[Si](C)(C)C)cc2[nH]1.S.S. The van der Waals surface area contributed by atoms with E-state index in [4.69, 9.17) is 25.9 Å². The Kier molecular flexibility index (Phi) is 11.8. The normalized spacial score (nSPS) is 20.3. The van der Waals surface area contributed by atoms with Crippen molar-refractivity contribution in [3.63, 3.8) is 0 Å². The fourth-order valence-electron chi connectivity index (χ4n) is 7.51. The number of carbonyl (C=O) groups is 2. The highest BCUT2D eigenvalue weighted by Gasteiger charge is 2.56. The van der Waals surface area contributed by atoms with Gasteiger partial charge in [0.2, 0.25) is 0 Å². The molecule has 56 heavy (non-hydrogen) atoms. The first-order valence-corrected chi connectivity index (χ1v) is 22.7. The molecule has 2 aliphatic carbocycles. The number of terminal acetylenes is 1. The number of fused-ring (bicyclic) bond motifs is 2. The molecule has 2 aliphatic heterocycles. The molecular formula is C43H58N6O4S2Si. The lowest BCUT2D eigenvalue weighted by Gasteiger charge is -2.27. The molecule has 2 aromatic carbocycles. The van der Waals surface area contributed by atoms with Crippen LogP contribution in [0.3, 0.4) is 0 Å². The summed E-state index contributed by atoms with van der Waals surface area (Å²) in [5.74, 6) is 7.62. The predicted octanol–water partition coefficient (Wildman–Crippen LogP) is 9.49. The van der Waals surface area contributed by atoms with E-state index in [-0.39, 0.29) is 62.1 Å². The van der Waals surface area contributed by atoms with E-state index in [1.807, 2.05) is 81.7 Å². The molecule has 4 heterocycles. The van der Waals surface area contributed by atoms with Crippen LogP contribution in [-0.2, 0) is 9.47 Å². The molecule has 4 aromatic rings. The van der Waals surface area contributed by atoms with Crippen LogP contribution in [0, 0.1) is 34.6 Å². The van der Waals surface area contributed by atoms with Crippen molar-refractivity contribution >= 4 is 69.3 Å². The quantitative estimate of drug-likeness (QED) is 0.154. The Bertz CT molecular complexity index is 2220. The first-order valence-electron chi connectivity index (χ1n) is 19.2. The van der Waals surface area contributed by atoms with Gasteiger partial charge in [0.15, 0.2) is 0 Å². The van der Waals surface area contributed by atoms with E-state index < -0.39 is 19.3 Å². The van der Waals surface area contributed by atoms with Crippen molar-refractivity contribution in [3.8, 4) is 23.8 Å². The fourth-order valence-corrected chi connectivity index (χ4v) is 8.03. The zero-order chi connectivity index (χ0) is 38.8. The summed E-state index contributed by atoms with van der Waals surface area (Å²) in [6.45, 7) is 19.6. The third kappa shape index (κ3) is 9.90. The summed E-state index contributed by atoms with van der Waals surface area (Å²) in [7, 11) is -1.42. The van der Waals surface area contributed by atoms with E-state index >= 15 is 0 Å². The lowest BCUT2D eigenvalue weighted by molar-refractivity contribution is 0.0202. The Labute approximate surface area is 346 Å². The van der Waals surface area contributed by atoms with Crippen LogP contribution in [0.1, 0.15) is 115 Å². The average Bonchev–Trinajstić information content (AvgIpc) is 3.71. The van der Waals surface area contributed by atoms with E-state index in [0.717, 1.165) is 70.8 Å². The second-order valence-corrected chi connectivity index (χ2v) is 23.8. The van der Waals surface area contributed by atoms with Crippen LogP contribution in [-0.4, -0.2) is 74.3 Å². The minimum Gasteiger partial charge on any atom is -0.444 e. The highest BCUT2D eigenvalue weighted by Crippen LogP contribution is 2.59. The Morgan fingerprint density at radius 3 is 1.54 bits per heavy atom. The first-order chi connectivity index (χ1) is 25.2. The number of H-pyrrole nitrogens is 2. The van der Waals surface area contributed by atoms with Gasteiger partial charge in [-0.3, -0.25) is 9.80 Å². The molecule has 2 N–H and O–H groups in total. The molecule has 2 unspecified atom stereocenters. The maximum Gasteiger partial charge on any atom is 0.410 e. The van der Waals surface area contributed by atoms with Crippen LogP contribution in [0.4, 0.5) is 9.59 Å². The van der Waals surface area contributed by atoms with Gasteiger partial charge < -0.3 is 19.4 Å². The molecule has 10 nitrogen and oxygen atoms in total. The maximum absolute atomic E-state index is 12.9. The number of nitrogens with one attached hydrogen (secondary N) is 2. The van der Waals surface area contributed by atoms with Gasteiger partial charge in [0.1, 0.15) is 30.9 Å². The van der Waals surface area contributed by atoms with Crippen LogP contribution in [0.5, 0.6) is 0 Å². The highest BCUT2D eigenvalue weighted by atomic mass is 32.1. The standard InChI is InChI=1S/C23H31N3O2Si.C20H23N3O2.2H2S/c1-22(2,3)28-21(27)26-15-23(10-11-23)14-19(26)20-24-17-8-7-16(13-18(17)25-20)9-12-29(4,5)6;1-5-13-6-7-14-15(10-13)22-17(21-14)16-11-20(8-9-20)12-23(16)18(24)25-19(2,3)4;;/h7-8,13,19H,10-11,14-15H2,1-6H3,(H,24,25);1,6-7,10,16H,8-9,11-12H2,2-4H3,(H,21,22);2*1H2. The van der Waals surface area contributed by atoms with Crippen molar-refractivity contribution in [1.29, 1.82) is 0 Å². The minimum absolute atomic E-state index is 0. The van der Waals surface area contributed by atoms with Crippen LogP contribution < -0.4 is 0 Å². The van der Waals surface area contributed by atoms with Crippen LogP contribution >= 0.6 is 27.0 Å². The fraction of sp³-hybridized carbons (Fsp3) is 0.535. The van der Waals surface area contributed by atoms with Crippen LogP contribution in [0.25, 0.3) is 22.1 Å². The molecule has 2 saturated heterocycles. The summed E-state index contributed by atoms with van der Waals surface area (Å²) in [6.07, 6.45) is 11.6. The number of nitrogens with zero attached hydrogens (tertiary/aromatic N) is 4. The summed E-state index contributed by atoms with van der Waals surface area (Å²) >= 11 is 0. The van der Waals surface area contributed by atoms with Crippen molar-refractivity contribution in [2.24, 2.45) is 10.8 Å². The number of aromatic nitrogens is 4. The molecule has 2 atom stereocenters. The highest BCUT2D eigenvalue weighted by molar-refractivity contribution is 7.59. The summed E-state index contributed by atoms with van der Waals surface area (Å²) in [5.41, 5.74) is 8.41. The number of aromatic amines is 2. The van der Waals surface area contributed by atoms with Gasteiger partial charge in [0, 0.05) is 24.2 Å². The van der Waals surface area contributed by atoms with Gasteiger partial charge in [-0.1, -0.05) is 31.5 Å². The third-order valence-electron chi connectivity index (χ3n) is 10.6. The number of ether oxygens (including phenoxy) is 2. The van der Waals surface area contributed by atoms with Gasteiger partial charge in [0.05, 0.1) is 34.2 Å². The van der Waals surface area contributed by atoms with Gasteiger partial charge in [-0.05, 0) is 127 Å². The first kappa shape index (κ1) is 43.1. The summed E-state index contributed by atoms with van der Waals surface area (Å²) in [4.78, 5) is 45.7. The van der Waals surface area contributed by atoms with Gasteiger partial charge in [-0.15, -0.1) is 12.0 Å². The Balaban J connectivity index is 0.000000209. The lowest BCUT2D eigenvalue weighted by Crippen LogP contribution is -2.37. The molecule has 2 saturated carbocycles. The summed E-state index contributed by atoms with van der Waals surface area (Å²) in [5, 5.41) is 0. The van der Waals surface area contributed by atoms with E-state index in [2.05, 4.69) is 53.1 Å². The number of carbonyl (C=O) groups excluding carboxylic acids is 2. The Morgan fingerprint density at radius 2 is 1.16 bits per heavy atom. The lowest BCUT2D eigenvalue weighted by atomic mass is 10.0. The molecule has 2 spiro atoms. The number of imidazole rings is 2. The van der Waals surface area contributed by atoms with Gasteiger partial charge in [-0.25, -0.2) is 19.6 Å². The molecule has 0 radical (unpaired) electrons. The number of benzene rings is 2. The second kappa shape index (κ2) is 15.4. The molecule has 4 aliphatic rings. The third-order valence-corrected chi connectivity index (χ3v) is 11.4. The van der Waals surface area contributed by atoms with Crippen molar-refractivity contribution < 1.29 is 19.1 Å². The molecular weight excluding hydrogens is 757 g/mol. The Hall–Kier alpha value is -4.04. The number of rotatable bonds is 2. The zero-order valence-electron chi connectivity index (χ0n) is 34.3. The van der Waals surface area contributed by atoms with Crippen LogP contribution in [0.2, 0.25) is 19.6 Å².